The van der Waals surface area contributed by atoms with E-state index in [1.807, 2.05) is 42.5 Å². The number of carbonyl (C=O) groups is 1. The molecule has 1 aliphatic heterocycles. The topological polar surface area (TPSA) is 67.8 Å². The molecule has 2 aromatic carbocycles. The lowest BCUT2D eigenvalue weighted by molar-refractivity contribution is -0.130. The molecule has 120 valence electrons. The van der Waals surface area contributed by atoms with Crippen LogP contribution in [-0.2, 0) is 4.79 Å². The molecule has 1 aliphatic rings. The molecule has 2 atom stereocenters. The normalized spacial score (nSPS) is 17.3. The Hall–Kier alpha value is -2.53. The molecule has 0 saturated carbocycles. The van der Waals surface area contributed by atoms with Gasteiger partial charge >= 0.3 is 0 Å². The van der Waals surface area contributed by atoms with Crippen LogP contribution in [0.2, 0.25) is 0 Å². The Morgan fingerprint density at radius 1 is 1.13 bits per heavy atom. The Morgan fingerprint density at radius 2 is 1.83 bits per heavy atom. The Morgan fingerprint density at radius 3 is 2.61 bits per heavy atom. The SMILES string of the molecule is O=C(NCCC(O)c1ccccc1)C1COc2ccccc2O1. The first kappa shape index (κ1) is 15.4. The molecule has 5 nitrogen and oxygen atoms in total. The summed E-state index contributed by atoms with van der Waals surface area (Å²) in [6, 6.07) is 16.6. The first-order chi connectivity index (χ1) is 11.2. The predicted octanol–water partition coefficient (Wildman–Crippen LogP) is 2.07. The summed E-state index contributed by atoms with van der Waals surface area (Å²) in [6.45, 7) is 0.556. The first-order valence-corrected chi connectivity index (χ1v) is 7.63. The smallest absolute Gasteiger partial charge is 0.264 e. The summed E-state index contributed by atoms with van der Waals surface area (Å²) in [5.74, 6) is 0.985. The van der Waals surface area contributed by atoms with Crippen molar-refractivity contribution in [2.24, 2.45) is 0 Å². The zero-order chi connectivity index (χ0) is 16.1. The van der Waals surface area contributed by atoms with Crippen LogP contribution < -0.4 is 14.8 Å². The summed E-state index contributed by atoms with van der Waals surface area (Å²) in [5.41, 5.74) is 0.841. The van der Waals surface area contributed by atoms with Gasteiger partial charge in [0.15, 0.2) is 11.5 Å². The Labute approximate surface area is 134 Å². The van der Waals surface area contributed by atoms with Crippen LogP contribution in [0, 0.1) is 0 Å². The van der Waals surface area contributed by atoms with Gasteiger partial charge in [-0.25, -0.2) is 0 Å². The third-order valence-electron chi connectivity index (χ3n) is 3.70. The van der Waals surface area contributed by atoms with Crippen LogP contribution in [0.1, 0.15) is 18.1 Å². The second kappa shape index (κ2) is 7.15. The van der Waals surface area contributed by atoms with Crippen LogP contribution in [0.4, 0.5) is 0 Å². The van der Waals surface area contributed by atoms with Crippen LogP contribution in [0.15, 0.2) is 54.6 Å². The monoisotopic (exact) mass is 313 g/mol. The van der Waals surface area contributed by atoms with Gasteiger partial charge in [0.25, 0.3) is 5.91 Å². The zero-order valence-electron chi connectivity index (χ0n) is 12.6. The molecule has 0 spiro atoms. The highest BCUT2D eigenvalue weighted by Gasteiger charge is 2.26. The number of amides is 1. The molecule has 2 N–H and O–H groups in total. The van der Waals surface area contributed by atoms with Gasteiger partial charge in [0.1, 0.15) is 6.61 Å². The minimum Gasteiger partial charge on any atom is -0.485 e. The summed E-state index contributed by atoms with van der Waals surface area (Å²) in [6.07, 6.45) is -0.820. The van der Waals surface area contributed by atoms with Crippen LogP contribution in [0.3, 0.4) is 0 Å². The van der Waals surface area contributed by atoms with Crippen molar-refractivity contribution in [2.75, 3.05) is 13.2 Å². The lowest BCUT2D eigenvalue weighted by Crippen LogP contribution is -2.44. The highest BCUT2D eigenvalue weighted by atomic mass is 16.6. The molecule has 0 aromatic heterocycles. The van der Waals surface area contributed by atoms with Crippen LogP contribution >= 0.6 is 0 Å². The van der Waals surface area contributed by atoms with Gasteiger partial charge in [-0.3, -0.25) is 4.79 Å². The lowest BCUT2D eigenvalue weighted by Gasteiger charge is -2.25. The maximum Gasteiger partial charge on any atom is 0.264 e. The fourth-order valence-corrected chi connectivity index (χ4v) is 2.44. The second-order valence-electron chi connectivity index (χ2n) is 5.37. The number of hydrogen-bond donors (Lipinski definition) is 2. The van der Waals surface area contributed by atoms with Crippen LogP contribution in [0.5, 0.6) is 11.5 Å². The largest absolute Gasteiger partial charge is 0.485 e. The van der Waals surface area contributed by atoms with Crippen LogP contribution in [0.25, 0.3) is 0 Å². The van der Waals surface area contributed by atoms with E-state index in [1.54, 1.807) is 12.1 Å². The summed E-state index contributed by atoms with van der Waals surface area (Å²) in [4.78, 5) is 12.1. The fourth-order valence-electron chi connectivity index (χ4n) is 2.44. The number of nitrogens with one attached hydrogen (secondary N) is 1. The quantitative estimate of drug-likeness (QED) is 0.887. The van der Waals surface area contributed by atoms with Crippen molar-refractivity contribution in [3.63, 3.8) is 0 Å². The molecule has 1 heterocycles. The molecule has 3 rings (SSSR count). The molecule has 0 fully saturated rings. The number of benzene rings is 2. The molecule has 0 bridgehead atoms. The fraction of sp³-hybridized carbons (Fsp3) is 0.278. The van der Waals surface area contributed by atoms with E-state index in [0.29, 0.717) is 24.5 Å². The van der Waals surface area contributed by atoms with Gasteiger partial charge in [0, 0.05) is 6.54 Å². The molecule has 0 radical (unpaired) electrons. The van der Waals surface area contributed by atoms with Gasteiger partial charge in [-0.1, -0.05) is 42.5 Å². The van der Waals surface area contributed by atoms with Gasteiger partial charge < -0.3 is 19.9 Å². The third-order valence-corrected chi connectivity index (χ3v) is 3.70. The van der Waals surface area contributed by atoms with Crippen molar-refractivity contribution in [1.29, 1.82) is 0 Å². The third kappa shape index (κ3) is 3.81. The van der Waals surface area contributed by atoms with E-state index in [2.05, 4.69) is 5.32 Å². The van der Waals surface area contributed by atoms with E-state index >= 15 is 0 Å². The van der Waals surface area contributed by atoms with Crippen molar-refractivity contribution in [3.8, 4) is 11.5 Å². The van der Waals surface area contributed by atoms with Crippen molar-refractivity contribution in [3.05, 3.63) is 60.2 Å². The molecule has 23 heavy (non-hydrogen) atoms. The molecular formula is C18H19NO4. The Balaban J connectivity index is 1.47. The van der Waals surface area contributed by atoms with Crippen LogP contribution in [-0.4, -0.2) is 30.3 Å². The molecule has 2 aromatic rings. The molecular weight excluding hydrogens is 294 g/mol. The number of hydrogen-bond acceptors (Lipinski definition) is 4. The van der Waals surface area contributed by atoms with Gasteiger partial charge in [-0.15, -0.1) is 0 Å². The average molecular weight is 313 g/mol. The Bertz CT molecular complexity index is 659. The minimum absolute atomic E-state index is 0.185. The summed E-state index contributed by atoms with van der Waals surface area (Å²) >= 11 is 0. The van der Waals surface area contributed by atoms with Gasteiger partial charge in [0.05, 0.1) is 6.10 Å². The number of ether oxygens (including phenoxy) is 2. The van der Waals surface area contributed by atoms with E-state index in [1.165, 1.54) is 0 Å². The highest BCUT2D eigenvalue weighted by molar-refractivity contribution is 5.81. The minimum atomic E-state index is -0.668. The van der Waals surface area contributed by atoms with Crippen molar-refractivity contribution >= 4 is 5.91 Å². The second-order valence-corrected chi connectivity index (χ2v) is 5.37. The van der Waals surface area contributed by atoms with Gasteiger partial charge in [0.2, 0.25) is 6.10 Å². The molecule has 1 amide bonds. The number of aliphatic hydroxyl groups excluding tert-OH is 1. The maximum atomic E-state index is 12.1. The predicted molar refractivity (Wildman–Crippen MR) is 85.4 cm³/mol. The number of carbonyl (C=O) groups excluding carboxylic acids is 1. The number of aliphatic hydroxyl groups is 1. The lowest BCUT2D eigenvalue weighted by atomic mass is 10.1. The van der Waals surface area contributed by atoms with E-state index in [-0.39, 0.29) is 12.5 Å². The van der Waals surface area contributed by atoms with E-state index in [4.69, 9.17) is 9.47 Å². The molecule has 0 saturated heterocycles. The highest BCUT2D eigenvalue weighted by Crippen LogP contribution is 2.30. The molecule has 2 unspecified atom stereocenters. The summed E-state index contributed by atoms with van der Waals surface area (Å²) in [7, 11) is 0. The first-order valence-electron chi connectivity index (χ1n) is 7.63. The molecule has 0 aliphatic carbocycles. The van der Waals surface area contributed by atoms with E-state index in [9.17, 15) is 9.90 Å². The molecule has 5 heteroatoms. The van der Waals surface area contributed by atoms with Crippen molar-refractivity contribution in [2.45, 2.75) is 18.6 Å². The number of para-hydroxylation sites is 2. The van der Waals surface area contributed by atoms with Crippen molar-refractivity contribution < 1.29 is 19.4 Å². The summed E-state index contributed by atoms with van der Waals surface area (Å²) in [5, 5.41) is 12.8. The van der Waals surface area contributed by atoms with Gasteiger partial charge in [-0.2, -0.15) is 0 Å². The zero-order valence-corrected chi connectivity index (χ0v) is 12.6. The maximum absolute atomic E-state index is 12.1. The number of rotatable bonds is 5. The summed E-state index contributed by atoms with van der Waals surface area (Å²) < 4.78 is 11.2. The van der Waals surface area contributed by atoms with E-state index < -0.39 is 12.2 Å². The average Bonchev–Trinajstić information content (AvgIpc) is 2.61. The van der Waals surface area contributed by atoms with Crippen molar-refractivity contribution in [1.82, 2.24) is 5.32 Å². The Kier molecular flexibility index (Phi) is 4.78. The number of fused-ring (bicyclic) bond motifs is 1. The standard InChI is InChI=1S/C18H19NO4/c20-14(13-6-2-1-3-7-13)10-11-19-18(21)17-12-22-15-8-4-5-9-16(15)23-17/h1-9,14,17,20H,10-12H2,(H,19,21). The van der Waals surface area contributed by atoms with Gasteiger partial charge in [-0.05, 0) is 24.1 Å². The van der Waals surface area contributed by atoms with E-state index in [0.717, 1.165) is 5.56 Å².